The fourth-order valence-corrected chi connectivity index (χ4v) is 1.18. The number of halogens is 1. The third-order valence-electron chi connectivity index (χ3n) is 2.44. The Bertz CT molecular complexity index is 366. The largest absolute Gasteiger partial charge is 0.350 e. The van der Waals surface area contributed by atoms with E-state index in [2.05, 4.69) is 5.32 Å². The average molecular weight is 224 g/mol. The van der Waals surface area contributed by atoms with Gasteiger partial charge >= 0.3 is 0 Å². The number of carbonyl (C=O) groups is 1. The van der Waals surface area contributed by atoms with E-state index in [4.69, 9.17) is 5.73 Å². The van der Waals surface area contributed by atoms with Crippen LogP contribution in [0.5, 0.6) is 0 Å². The molecule has 3 nitrogen and oxygen atoms in total. The molecule has 0 fully saturated rings. The highest BCUT2D eigenvalue weighted by Gasteiger charge is 2.10. The molecule has 88 valence electrons. The molecular formula is C12H17FN2O. The van der Waals surface area contributed by atoms with Gasteiger partial charge in [-0.05, 0) is 24.1 Å². The third kappa shape index (κ3) is 3.62. The van der Waals surface area contributed by atoms with Crippen LogP contribution < -0.4 is 11.1 Å². The van der Waals surface area contributed by atoms with E-state index in [1.807, 2.05) is 13.8 Å². The minimum absolute atomic E-state index is 0.0856. The molecule has 3 N–H and O–H groups in total. The molecule has 1 unspecified atom stereocenters. The molecule has 1 amide bonds. The molecule has 0 aromatic heterocycles. The van der Waals surface area contributed by atoms with Crippen LogP contribution in [0.4, 0.5) is 4.39 Å². The number of carbonyl (C=O) groups excluding carboxylic acids is 1. The van der Waals surface area contributed by atoms with Gasteiger partial charge in [0.15, 0.2) is 0 Å². The maximum Gasteiger partial charge on any atom is 0.251 e. The van der Waals surface area contributed by atoms with Gasteiger partial charge in [0.2, 0.25) is 0 Å². The van der Waals surface area contributed by atoms with Crippen LogP contribution in [0.25, 0.3) is 0 Å². The molecule has 0 radical (unpaired) electrons. The van der Waals surface area contributed by atoms with Crippen molar-refractivity contribution in [2.45, 2.75) is 19.9 Å². The Morgan fingerprint density at radius 1 is 1.50 bits per heavy atom. The van der Waals surface area contributed by atoms with Gasteiger partial charge in [-0.2, -0.15) is 0 Å². The van der Waals surface area contributed by atoms with Crippen LogP contribution in [-0.2, 0) is 0 Å². The fourth-order valence-electron chi connectivity index (χ4n) is 1.18. The van der Waals surface area contributed by atoms with Crippen molar-refractivity contribution in [3.05, 3.63) is 35.6 Å². The third-order valence-corrected chi connectivity index (χ3v) is 2.44. The predicted molar refractivity (Wildman–Crippen MR) is 61.5 cm³/mol. The second kappa shape index (κ2) is 5.61. The van der Waals surface area contributed by atoms with Crippen LogP contribution in [0.3, 0.4) is 0 Å². The Kier molecular flexibility index (Phi) is 4.43. The number of amides is 1. The van der Waals surface area contributed by atoms with E-state index in [-0.39, 0.29) is 11.9 Å². The van der Waals surface area contributed by atoms with E-state index in [1.54, 1.807) is 6.07 Å². The van der Waals surface area contributed by atoms with Crippen molar-refractivity contribution in [2.75, 3.05) is 6.54 Å². The van der Waals surface area contributed by atoms with E-state index in [0.717, 1.165) is 0 Å². The van der Waals surface area contributed by atoms with Gasteiger partial charge < -0.3 is 11.1 Å². The van der Waals surface area contributed by atoms with Gasteiger partial charge in [-0.25, -0.2) is 4.39 Å². The van der Waals surface area contributed by atoms with Crippen molar-refractivity contribution in [2.24, 2.45) is 11.7 Å². The standard InChI is InChI=1S/C12H17FN2O/c1-8(2)11(14)7-15-12(16)9-4-3-5-10(13)6-9/h3-6,8,11H,7,14H2,1-2H3,(H,15,16). The second-order valence-corrected chi connectivity index (χ2v) is 4.13. The molecule has 1 aromatic carbocycles. The van der Waals surface area contributed by atoms with Crippen molar-refractivity contribution in [1.29, 1.82) is 0 Å². The molecule has 0 aliphatic rings. The molecule has 0 heterocycles. The van der Waals surface area contributed by atoms with Crippen molar-refractivity contribution in [3.63, 3.8) is 0 Å². The first-order valence-electron chi connectivity index (χ1n) is 5.30. The maximum atomic E-state index is 12.8. The fraction of sp³-hybridized carbons (Fsp3) is 0.417. The van der Waals surface area contributed by atoms with Gasteiger partial charge in [0.05, 0.1) is 0 Å². The molecule has 0 saturated carbocycles. The lowest BCUT2D eigenvalue weighted by Crippen LogP contribution is -2.40. The normalized spacial score (nSPS) is 12.6. The summed E-state index contributed by atoms with van der Waals surface area (Å²) in [5.41, 5.74) is 6.10. The zero-order valence-electron chi connectivity index (χ0n) is 9.53. The smallest absolute Gasteiger partial charge is 0.251 e. The van der Waals surface area contributed by atoms with E-state index in [0.29, 0.717) is 18.0 Å². The van der Waals surface area contributed by atoms with Gasteiger partial charge in [0, 0.05) is 18.2 Å². The maximum absolute atomic E-state index is 12.8. The first-order chi connectivity index (χ1) is 7.50. The molecule has 0 aliphatic carbocycles. The molecule has 1 aromatic rings. The zero-order chi connectivity index (χ0) is 12.1. The molecule has 16 heavy (non-hydrogen) atoms. The molecular weight excluding hydrogens is 207 g/mol. The molecule has 0 saturated heterocycles. The van der Waals surface area contributed by atoms with Gasteiger partial charge in [-0.1, -0.05) is 19.9 Å². The van der Waals surface area contributed by atoms with E-state index >= 15 is 0 Å². The topological polar surface area (TPSA) is 55.1 Å². The summed E-state index contributed by atoms with van der Waals surface area (Å²) in [6, 6.07) is 5.50. The summed E-state index contributed by atoms with van der Waals surface area (Å²) in [5.74, 6) is -0.413. The summed E-state index contributed by atoms with van der Waals surface area (Å²) >= 11 is 0. The van der Waals surface area contributed by atoms with Crippen LogP contribution >= 0.6 is 0 Å². The van der Waals surface area contributed by atoms with Gasteiger partial charge in [0.25, 0.3) is 5.91 Å². The summed E-state index contributed by atoms with van der Waals surface area (Å²) in [6.07, 6.45) is 0. The first-order valence-corrected chi connectivity index (χ1v) is 5.30. The minimum atomic E-state index is -0.416. The molecule has 0 bridgehead atoms. The number of hydrogen-bond acceptors (Lipinski definition) is 2. The van der Waals surface area contributed by atoms with Crippen LogP contribution in [-0.4, -0.2) is 18.5 Å². The Morgan fingerprint density at radius 2 is 2.19 bits per heavy atom. The monoisotopic (exact) mass is 224 g/mol. The quantitative estimate of drug-likeness (QED) is 0.815. The van der Waals surface area contributed by atoms with Gasteiger partial charge in [-0.3, -0.25) is 4.79 Å². The Labute approximate surface area is 94.8 Å². The van der Waals surface area contributed by atoms with Crippen molar-refractivity contribution in [1.82, 2.24) is 5.32 Å². The van der Waals surface area contributed by atoms with Gasteiger partial charge in [0.1, 0.15) is 5.82 Å². The van der Waals surface area contributed by atoms with E-state index in [1.165, 1.54) is 18.2 Å². The lowest BCUT2D eigenvalue weighted by Gasteiger charge is -2.16. The second-order valence-electron chi connectivity index (χ2n) is 4.13. The van der Waals surface area contributed by atoms with Crippen LogP contribution in [0.1, 0.15) is 24.2 Å². The predicted octanol–water partition coefficient (Wildman–Crippen LogP) is 1.54. The molecule has 1 atom stereocenters. The number of hydrogen-bond donors (Lipinski definition) is 2. The summed E-state index contributed by atoms with van der Waals surface area (Å²) in [6.45, 7) is 4.37. The van der Waals surface area contributed by atoms with Crippen LogP contribution in [0.15, 0.2) is 24.3 Å². The molecule has 0 spiro atoms. The minimum Gasteiger partial charge on any atom is -0.350 e. The molecule has 4 heteroatoms. The molecule has 0 aliphatic heterocycles. The van der Waals surface area contributed by atoms with Crippen molar-refractivity contribution in [3.8, 4) is 0 Å². The Hall–Kier alpha value is -1.42. The lowest BCUT2D eigenvalue weighted by atomic mass is 10.1. The van der Waals surface area contributed by atoms with Crippen molar-refractivity contribution < 1.29 is 9.18 Å². The van der Waals surface area contributed by atoms with Crippen LogP contribution in [0, 0.1) is 11.7 Å². The molecule has 1 rings (SSSR count). The summed E-state index contributed by atoms with van der Waals surface area (Å²) in [5, 5.41) is 2.68. The summed E-state index contributed by atoms with van der Waals surface area (Å²) < 4.78 is 12.8. The zero-order valence-corrected chi connectivity index (χ0v) is 9.53. The first kappa shape index (κ1) is 12.6. The van der Waals surface area contributed by atoms with E-state index in [9.17, 15) is 9.18 Å². The highest BCUT2D eigenvalue weighted by molar-refractivity contribution is 5.94. The number of benzene rings is 1. The van der Waals surface area contributed by atoms with E-state index < -0.39 is 5.82 Å². The SMILES string of the molecule is CC(C)C(N)CNC(=O)c1cccc(F)c1. The lowest BCUT2D eigenvalue weighted by molar-refractivity contribution is 0.0949. The average Bonchev–Trinajstić information content (AvgIpc) is 2.25. The number of nitrogens with one attached hydrogen (secondary N) is 1. The Morgan fingerprint density at radius 3 is 2.75 bits per heavy atom. The van der Waals surface area contributed by atoms with Crippen LogP contribution in [0.2, 0.25) is 0 Å². The summed E-state index contributed by atoms with van der Waals surface area (Å²) in [7, 11) is 0. The summed E-state index contributed by atoms with van der Waals surface area (Å²) in [4.78, 5) is 11.6. The van der Waals surface area contributed by atoms with Crippen molar-refractivity contribution >= 4 is 5.91 Å². The van der Waals surface area contributed by atoms with Gasteiger partial charge in [-0.15, -0.1) is 0 Å². The Balaban J connectivity index is 2.53. The number of nitrogens with two attached hydrogens (primary N) is 1. The highest BCUT2D eigenvalue weighted by atomic mass is 19.1. The number of rotatable bonds is 4. The highest BCUT2D eigenvalue weighted by Crippen LogP contribution is 2.03.